The number of esters is 1. The van der Waals surface area contributed by atoms with E-state index in [0.717, 1.165) is 39.4 Å². The van der Waals surface area contributed by atoms with E-state index in [1.165, 1.54) is 0 Å². The summed E-state index contributed by atoms with van der Waals surface area (Å²) in [5, 5.41) is 4.60. The predicted molar refractivity (Wildman–Crippen MR) is 115 cm³/mol. The minimum Gasteiger partial charge on any atom is -0.493 e. The number of ether oxygens (including phenoxy) is 2. The van der Waals surface area contributed by atoms with Crippen LogP contribution in [-0.4, -0.2) is 24.3 Å². The van der Waals surface area contributed by atoms with Gasteiger partial charge >= 0.3 is 5.97 Å². The van der Waals surface area contributed by atoms with Crippen LogP contribution in [0.2, 0.25) is 0 Å². The Bertz CT molecular complexity index is 1040. The van der Waals surface area contributed by atoms with Crippen LogP contribution < -0.4 is 4.74 Å². The summed E-state index contributed by atoms with van der Waals surface area (Å²) in [6, 6.07) is 20.2. The van der Waals surface area contributed by atoms with Crippen LogP contribution in [0, 0.1) is 0 Å². The van der Waals surface area contributed by atoms with E-state index >= 15 is 0 Å². The van der Waals surface area contributed by atoms with Crippen molar-refractivity contribution < 1.29 is 14.3 Å². The fourth-order valence-corrected chi connectivity index (χ4v) is 2.86. The van der Waals surface area contributed by atoms with E-state index in [1.807, 2.05) is 42.5 Å². The van der Waals surface area contributed by atoms with Crippen molar-refractivity contribution in [3.8, 4) is 16.9 Å². The van der Waals surface area contributed by atoms with Gasteiger partial charge in [-0.15, -0.1) is 0 Å². The molecule has 0 fully saturated rings. The quantitative estimate of drug-likeness (QED) is 0.162. The third-order valence-corrected chi connectivity index (χ3v) is 4.25. The van der Waals surface area contributed by atoms with Crippen LogP contribution in [0.3, 0.4) is 0 Å². The first-order valence-electron chi connectivity index (χ1n) is 8.84. The second-order valence-electron chi connectivity index (χ2n) is 6.05. The number of hydrogen-bond donors (Lipinski definition) is 0. The minimum atomic E-state index is -0.414. The first-order chi connectivity index (χ1) is 13.7. The van der Waals surface area contributed by atoms with Crippen molar-refractivity contribution in [1.82, 2.24) is 0 Å². The van der Waals surface area contributed by atoms with Crippen LogP contribution in [0.1, 0.15) is 6.42 Å². The zero-order chi connectivity index (χ0) is 19.8. The number of carbonyl (C=O) groups excluding carboxylic acids is 1. The summed E-state index contributed by atoms with van der Waals surface area (Å²) in [6.07, 6.45) is 1.78. The highest BCUT2D eigenvalue weighted by Gasteiger charge is 2.03. The Labute approximate surface area is 169 Å². The van der Waals surface area contributed by atoms with E-state index in [1.54, 1.807) is 0 Å². The van der Waals surface area contributed by atoms with Gasteiger partial charge in [-0.25, -0.2) is 4.79 Å². The molecule has 0 aliphatic carbocycles. The van der Waals surface area contributed by atoms with Gasteiger partial charge in [0.2, 0.25) is 0 Å². The molecular weight excluding hydrogens is 370 g/mol. The SMILES string of the molecule is C=CC(=O)OCCCOc1ccc2cc(-c3ccc(N=C=S)cc3)ccc2c1. The van der Waals surface area contributed by atoms with Gasteiger partial charge in [-0.2, -0.15) is 4.99 Å². The maximum absolute atomic E-state index is 11.0. The van der Waals surface area contributed by atoms with E-state index in [0.29, 0.717) is 19.6 Å². The molecule has 28 heavy (non-hydrogen) atoms. The zero-order valence-electron chi connectivity index (χ0n) is 15.3. The van der Waals surface area contributed by atoms with Gasteiger partial charge in [0.15, 0.2) is 0 Å². The highest BCUT2D eigenvalue weighted by molar-refractivity contribution is 7.78. The molecule has 0 radical (unpaired) electrons. The highest BCUT2D eigenvalue weighted by atomic mass is 32.1. The number of fused-ring (bicyclic) bond motifs is 1. The lowest BCUT2D eigenvalue weighted by Gasteiger charge is -2.09. The molecule has 0 bridgehead atoms. The van der Waals surface area contributed by atoms with Crippen LogP contribution in [0.5, 0.6) is 5.75 Å². The molecule has 0 aromatic heterocycles. The summed E-state index contributed by atoms with van der Waals surface area (Å²) in [7, 11) is 0. The van der Waals surface area contributed by atoms with Crippen molar-refractivity contribution in [2.45, 2.75) is 6.42 Å². The van der Waals surface area contributed by atoms with Gasteiger partial charge in [0.25, 0.3) is 0 Å². The molecular formula is C23H19NO3S. The smallest absolute Gasteiger partial charge is 0.330 e. The number of nitrogens with zero attached hydrogens (tertiary/aromatic N) is 1. The molecule has 0 amide bonds. The van der Waals surface area contributed by atoms with E-state index < -0.39 is 5.97 Å². The molecule has 5 heteroatoms. The average Bonchev–Trinajstić information content (AvgIpc) is 2.73. The Morgan fingerprint density at radius 3 is 2.46 bits per heavy atom. The molecule has 3 aromatic carbocycles. The lowest BCUT2D eigenvalue weighted by molar-refractivity contribution is -0.137. The standard InChI is InChI=1S/C23H19NO3S/c1-2-23(25)27-13-3-12-26-22-11-8-19-14-18(4-5-20(19)15-22)17-6-9-21(10-7-17)24-16-28/h2,4-11,14-15H,1,3,12-13H2. The van der Waals surface area contributed by atoms with Crippen molar-refractivity contribution in [3.63, 3.8) is 0 Å². The van der Waals surface area contributed by atoms with Crippen LogP contribution in [0.15, 0.2) is 78.3 Å². The van der Waals surface area contributed by atoms with Crippen molar-refractivity contribution in [2.75, 3.05) is 13.2 Å². The van der Waals surface area contributed by atoms with Crippen molar-refractivity contribution >= 4 is 39.8 Å². The van der Waals surface area contributed by atoms with Gasteiger partial charge in [-0.05, 0) is 64.4 Å². The van der Waals surface area contributed by atoms with Crippen LogP contribution in [-0.2, 0) is 9.53 Å². The first-order valence-corrected chi connectivity index (χ1v) is 9.24. The van der Waals surface area contributed by atoms with Gasteiger partial charge in [0, 0.05) is 12.5 Å². The summed E-state index contributed by atoms with van der Waals surface area (Å²) in [5.74, 6) is 0.375. The van der Waals surface area contributed by atoms with Gasteiger partial charge in [-0.1, -0.05) is 36.9 Å². The number of benzene rings is 3. The molecule has 0 spiro atoms. The van der Waals surface area contributed by atoms with Crippen molar-refractivity contribution in [3.05, 3.63) is 73.3 Å². The Balaban J connectivity index is 1.65. The molecule has 0 aliphatic rings. The Hall–Kier alpha value is -3.27. The fourth-order valence-electron chi connectivity index (χ4n) is 2.75. The summed E-state index contributed by atoms with van der Waals surface area (Å²) in [6.45, 7) is 4.15. The maximum Gasteiger partial charge on any atom is 0.330 e. The monoisotopic (exact) mass is 389 g/mol. The number of thiocarbonyl (C=S) groups is 1. The van der Waals surface area contributed by atoms with Crippen molar-refractivity contribution in [1.29, 1.82) is 0 Å². The number of isothiocyanates is 1. The number of hydrogen-bond acceptors (Lipinski definition) is 5. The molecule has 4 nitrogen and oxygen atoms in total. The zero-order valence-corrected chi connectivity index (χ0v) is 16.1. The molecule has 3 rings (SSSR count). The molecule has 0 N–H and O–H groups in total. The Kier molecular flexibility index (Phi) is 6.68. The molecule has 0 heterocycles. The number of aliphatic imine (C=N–C) groups is 1. The largest absolute Gasteiger partial charge is 0.493 e. The van der Waals surface area contributed by atoms with Crippen molar-refractivity contribution in [2.24, 2.45) is 4.99 Å². The van der Waals surface area contributed by atoms with E-state index in [-0.39, 0.29) is 0 Å². The van der Waals surface area contributed by atoms with Crippen LogP contribution in [0.25, 0.3) is 21.9 Å². The lowest BCUT2D eigenvalue weighted by Crippen LogP contribution is -2.06. The molecule has 0 saturated carbocycles. The first kappa shape index (κ1) is 19.5. The molecule has 0 atom stereocenters. The third-order valence-electron chi connectivity index (χ3n) is 4.16. The Morgan fingerprint density at radius 1 is 1.00 bits per heavy atom. The highest BCUT2D eigenvalue weighted by Crippen LogP contribution is 2.28. The lowest BCUT2D eigenvalue weighted by atomic mass is 10.0. The molecule has 3 aromatic rings. The number of carbonyl (C=O) groups is 1. The summed E-state index contributed by atoms with van der Waals surface area (Å²) in [4.78, 5) is 14.9. The van der Waals surface area contributed by atoms with E-state index in [9.17, 15) is 4.79 Å². The summed E-state index contributed by atoms with van der Waals surface area (Å²) in [5.41, 5.74) is 3.03. The van der Waals surface area contributed by atoms with Gasteiger partial charge in [0.05, 0.1) is 24.1 Å². The normalized spacial score (nSPS) is 10.1. The second-order valence-corrected chi connectivity index (χ2v) is 6.23. The van der Waals surface area contributed by atoms with Crippen LogP contribution in [0.4, 0.5) is 5.69 Å². The molecule has 140 valence electrons. The average molecular weight is 389 g/mol. The topological polar surface area (TPSA) is 47.9 Å². The number of rotatable bonds is 8. The van der Waals surface area contributed by atoms with Gasteiger partial charge in [-0.3, -0.25) is 0 Å². The van der Waals surface area contributed by atoms with E-state index in [2.05, 4.69) is 47.1 Å². The molecule has 0 saturated heterocycles. The van der Waals surface area contributed by atoms with Gasteiger partial charge in [0.1, 0.15) is 5.75 Å². The molecule has 0 aliphatic heterocycles. The minimum absolute atomic E-state index is 0.316. The molecule has 0 unspecified atom stereocenters. The third kappa shape index (κ3) is 5.13. The fraction of sp³-hybridized carbons (Fsp3) is 0.130. The predicted octanol–water partition coefficient (Wildman–Crippen LogP) is 5.74. The summed E-state index contributed by atoms with van der Waals surface area (Å²) < 4.78 is 10.7. The maximum atomic E-state index is 11.0. The Morgan fingerprint density at radius 2 is 1.71 bits per heavy atom. The van der Waals surface area contributed by atoms with Gasteiger partial charge < -0.3 is 9.47 Å². The summed E-state index contributed by atoms with van der Waals surface area (Å²) >= 11 is 4.63. The van der Waals surface area contributed by atoms with Crippen LogP contribution >= 0.6 is 12.2 Å². The van der Waals surface area contributed by atoms with E-state index in [4.69, 9.17) is 9.47 Å². The second kappa shape index (κ2) is 9.60.